The van der Waals surface area contributed by atoms with Crippen LogP contribution in [0.5, 0.6) is 0 Å². The summed E-state index contributed by atoms with van der Waals surface area (Å²) in [4.78, 5) is 38.2. The van der Waals surface area contributed by atoms with E-state index in [2.05, 4.69) is 15.5 Å². The Morgan fingerprint density at radius 3 is 2.46 bits per heavy atom. The summed E-state index contributed by atoms with van der Waals surface area (Å²) in [6.45, 7) is 1.78. The van der Waals surface area contributed by atoms with E-state index >= 15 is 0 Å². The summed E-state index contributed by atoms with van der Waals surface area (Å²) >= 11 is 6.07. The van der Waals surface area contributed by atoms with E-state index in [1.165, 1.54) is 0 Å². The van der Waals surface area contributed by atoms with Gasteiger partial charge in [-0.3, -0.25) is 9.59 Å². The number of nitrogens with zero attached hydrogens (tertiary/aromatic N) is 1. The minimum absolute atomic E-state index is 0.319. The van der Waals surface area contributed by atoms with Crippen LogP contribution < -0.4 is 15.5 Å². The van der Waals surface area contributed by atoms with Crippen LogP contribution in [0.15, 0.2) is 48.5 Å². The van der Waals surface area contributed by atoms with Crippen LogP contribution in [0.3, 0.4) is 0 Å². The van der Waals surface area contributed by atoms with Crippen LogP contribution in [-0.2, 0) is 20.8 Å². The van der Waals surface area contributed by atoms with Crippen molar-refractivity contribution < 1.29 is 14.4 Å². The molecule has 2 N–H and O–H groups in total. The van der Waals surface area contributed by atoms with Crippen molar-refractivity contribution in [3.8, 4) is 0 Å². The van der Waals surface area contributed by atoms with Crippen molar-refractivity contribution in [1.82, 2.24) is 5.32 Å². The molecule has 1 aliphatic heterocycles. The van der Waals surface area contributed by atoms with E-state index in [0.717, 1.165) is 37.2 Å². The van der Waals surface area contributed by atoms with Gasteiger partial charge in [0.05, 0.1) is 17.4 Å². The second-order valence-electron chi connectivity index (χ2n) is 6.72. The van der Waals surface area contributed by atoms with Crippen molar-refractivity contribution in [2.75, 3.05) is 23.3 Å². The lowest BCUT2D eigenvalue weighted by atomic mass is 10.1. The van der Waals surface area contributed by atoms with E-state index in [1.54, 1.807) is 12.1 Å². The van der Waals surface area contributed by atoms with Crippen molar-refractivity contribution in [2.24, 2.45) is 0 Å². The predicted octanol–water partition coefficient (Wildman–Crippen LogP) is 2.81. The van der Waals surface area contributed by atoms with Gasteiger partial charge in [-0.25, -0.2) is 0 Å². The molecule has 3 rings (SSSR count). The second-order valence-corrected chi connectivity index (χ2v) is 7.15. The molecule has 0 radical (unpaired) electrons. The summed E-state index contributed by atoms with van der Waals surface area (Å²) in [5.41, 5.74) is 2.21. The molecule has 0 aromatic heterocycles. The number of benzene rings is 2. The Morgan fingerprint density at radius 1 is 1.07 bits per heavy atom. The largest absolute Gasteiger partial charge is 0.370 e. The van der Waals surface area contributed by atoms with Gasteiger partial charge in [0.25, 0.3) is 0 Å². The Hall–Kier alpha value is -2.86. The van der Waals surface area contributed by atoms with Crippen LogP contribution in [0.25, 0.3) is 0 Å². The molecule has 1 fully saturated rings. The zero-order valence-corrected chi connectivity index (χ0v) is 16.1. The standard InChI is InChI=1S/C21H22ClN3O3/c22-16-8-9-19(25-10-4-5-11-25)18(13-16)24-21(28)20(27)23-17(14-26)12-15-6-2-1-3-7-15/h1-3,6-9,13-14,17H,4-5,10-12H2,(H,23,27)(H,24,28). The van der Waals surface area contributed by atoms with E-state index in [1.807, 2.05) is 36.4 Å². The van der Waals surface area contributed by atoms with Crippen molar-refractivity contribution in [1.29, 1.82) is 0 Å². The molecule has 1 unspecified atom stereocenters. The number of carbonyl (C=O) groups excluding carboxylic acids is 3. The van der Waals surface area contributed by atoms with Crippen LogP contribution >= 0.6 is 11.6 Å². The molecular weight excluding hydrogens is 378 g/mol. The van der Waals surface area contributed by atoms with Crippen molar-refractivity contribution in [2.45, 2.75) is 25.3 Å². The van der Waals surface area contributed by atoms with Gasteiger partial charge in [0.1, 0.15) is 6.29 Å². The lowest BCUT2D eigenvalue weighted by Crippen LogP contribution is -2.43. The summed E-state index contributed by atoms with van der Waals surface area (Å²) in [6, 6.07) is 13.7. The summed E-state index contributed by atoms with van der Waals surface area (Å²) < 4.78 is 0. The highest BCUT2D eigenvalue weighted by atomic mass is 35.5. The van der Waals surface area contributed by atoms with Crippen molar-refractivity contribution >= 4 is 41.1 Å². The lowest BCUT2D eigenvalue weighted by molar-refractivity contribution is -0.137. The van der Waals surface area contributed by atoms with Crippen LogP contribution in [0.4, 0.5) is 11.4 Å². The topological polar surface area (TPSA) is 78.5 Å². The number of halogens is 1. The van der Waals surface area contributed by atoms with Gasteiger partial charge in [-0.15, -0.1) is 0 Å². The van der Waals surface area contributed by atoms with Gasteiger partial charge < -0.3 is 20.3 Å². The molecule has 6 nitrogen and oxygen atoms in total. The fourth-order valence-corrected chi connectivity index (χ4v) is 3.43. The summed E-state index contributed by atoms with van der Waals surface area (Å²) in [7, 11) is 0. The molecule has 0 saturated carbocycles. The summed E-state index contributed by atoms with van der Waals surface area (Å²) in [5, 5.41) is 5.57. The third kappa shape index (κ3) is 5.10. The minimum Gasteiger partial charge on any atom is -0.370 e. The minimum atomic E-state index is -0.861. The third-order valence-electron chi connectivity index (χ3n) is 4.64. The zero-order valence-electron chi connectivity index (χ0n) is 15.4. The SMILES string of the molecule is O=CC(Cc1ccccc1)NC(=O)C(=O)Nc1cc(Cl)ccc1N1CCCC1. The monoisotopic (exact) mass is 399 g/mol. The number of hydrogen-bond donors (Lipinski definition) is 2. The molecular formula is C21H22ClN3O3. The van der Waals surface area contributed by atoms with Gasteiger partial charge in [-0.1, -0.05) is 41.9 Å². The van der Waals surface area contributed by atoms with E-state index < -0.39 is 17.9 Å². The van der Waals surface area contributed by atoms with E-state index in [-0.39, 0.29) is 0 Å². The Balaban J connectivity index is 1.66. The molecule has 1 atom stereocenters. The average Bonchev–Trinajstić information content (AvgIpc) is 3.22. The quantitative estimate of drug-likeness (QED) is 0.578. The maximum atomic E-state index is 12.4. The average molecular weight is 400 g/mol. The molecule has 0 aliphatic carbocycles. The molecule has 0 bridgehead atoms. The molecule has 1 heterocycles. The molecule has 2 aromatic carbocycles. The first kappa shape index (κ1) is 19.9. The smallest absolute Gasteiger partial charge is 0.313 e. The fraction of sp³-hybridized carbons (Fsp3) is 0.286. The highest BCUT2D eigenvalue weighted by Gasteiger charge is 2.22. The van der Waals surface area contributed by atoms with Gasteiger partial charge in [0.2, 0.25) is 0 Å². The molecule has 0 spiro atoms. The molecule has 2 aromatic rings. The Kier molecular flexibility index (Phi) is 6.66. The summed E-state index contributed by atoms with van der Waals surface area (Å²) in [6.07, 6.45) is 3.11. The van der Waals surface area contributed by atoms with Crippen molar-refractivity contribution in [3.63, 3.8) is 0 Å². The number of aldehydes is 1. The van der Waals surface area contributed by atoms with Gasteiger partial charge in [-0.2, -0.15) is 0 Å². The lowest BCUT2D eigenvalue weighted by Gasteiger charge is -2.22. The number of rotatable bonds is 6. The predicted molar refractivity (Wildman–Crippen MR) is 110 cm³/mol. The molecule has 2 amide bonds. The van der Waals surface area contributed by atoms with Crippen molar-refractivity contribution in [3.05, 3.63) is 59.1 Å². The highest BCUT2D eigenvalue weighted by Crippen LogP contribution is 2.31. The van der Waals surface area contributed by atoms with Crippen LogP contribution in [0.1, 0.15) is 18.4 Å². The molecule has 1 saturated heterocycles. The van der Waals surface area contributed by atoms with Gasteiger partial charge in [0, 0.05) is 18.1 Å². The first-order valence-corrected chi connectivity index (χ1v) is 9.60. The number of carbonyl (C=O) groups is 3. The van der Waals surface area contributed by atoms with E-state index in [4.69, 9.17) is 11.6 Å². The maximum absolute atomic E-state index is 12.4. The third-order valence-corrected chi connectivity index (χ3v) is 4.87. The summed E-state index contributed by atoms with van der Waals surface area (Å²) in [5.74, 6) is -1.69. The number of hydrogen-bond acceptors (Lipinski definition) is 4. The molecule has 28 heavy (non-hydrogen) atoms. The van der Waals surface area contributed by atoms with E-state index in [9.17, 15) is 14.4 Å². The number of nitrogens with one attached hydrogen (secondary N) is 2. The zero-order chi connectivity index (χ0) is 19.9. The molecule has 146 valence electrons. The second kappa shape index (κ2) is 9.37. The first-order valence-electron chi connectivity index (χ1n) is 9.22. The normalized spacial score (nSPS) is 14.4. The molecule has 1 aliphatic rings. The van der Waals surface area contributed by atoms with Crippen LogP contribution in [0.2, 0.25) is 5.02 Å². The maximum Gasteiger partial charge on any atom is 0.313 e. The van der Waals surface area contributed by atoms with Gasteiger partial charge in [0.15, 0.2) is 0 Å². The van der Waals surface area contributed by atoms with Crippen LogP contribution in [-0.4, -0.2) is 37.2 Å². The Bertz CT molecular complexity index is 851. The Labute approximate surface area is 168 Å². The number of amides is 2. The highest BCUT2D eigenvalue weighted by molar-refractivity contribution is 6.40. The van der Waals surface area contributed by atoms with Gasteiger partial charge in [-0.05, 0) is 43.0 Å². The van der Waals surface area contributed by atoms with E-state index in [0.29, 0.717) is 23.4 Å². The number of anilines is 2. The fourth-order valence-electron chi connectivity index (χ4n) is 3.26. The Morgan fingerprint density at radius 2 is 1.79 bits per heavy atom. The van der Waals surface area contributed by atoms with Crippen LogP contribution in [0, 0.1) is 0 Å². The molecule has 7 heteroatoms. The first-order chi connectivity index (χ1) is 13.6. The van der Waals surface area contributed by atoms with Gasteiger partial charge >= 0.3 is 11.8 Å².